The van der Waals surface area contributed by atoms with Gasteiger partial charge in [-0.25, -0.2) is 4.68 Å². The second-order valence-corrected chi connectivity index (χ2v) is 10.3. The van der Waals surface area contributed by atoms with Crippen molar-refractivity contribution in [3.05, 3.63) is 75.0 Å². The first-order valence-corrected chi connectivity index (χ1v) is 12.1. The van der Waals surface area contributed by atoms with Gasteiger partial charge in [0.15, 0.2) is 5.78 Å². The fourth-order valence-corrected chi connectivity index (χ4v) is 4.70. The highest BCUT2D eigenvalue weighted by molar-refractivity contribution is 6.04. The quantitative estimate of drug-likeness (QED) is 0.294. The predicted molar refractivity (Wildman–Crippen MR) is 136 cm³/mol. The normalized spacial score (nSPS) is 14.7. The second kappa shape index (κ2) is 10.3. The van der Waals surface area contributed by atoms with Gasteiger partial charge in [0.2, 0.25) is 0 Å². The largest absolute Gasteiger partial charge is 0.416 e. The van der Waals surface area contributed by atoms with Crippen LogP contribution in [-0.4, -0.2) is 58.6 Å². The summed E-state index contributed by atoms with van der Waals surface area (Å²) in [5.41, 5.74) is -0.532. The van der Waals surface area contributed by atoms with Crippen LogP contribution in [0, 0.1) is 15.5 Å². The highest BCUT2D eigenvalue weighted by atomic mass is 19.4. The number of rotatable bonds is 7. The van der Waals surface area contributed by atoms with Crippen molar-refractivity contribution >= 4 is 17.4 Å². The molecule has 2 aromatic carbocycles. The number of hydrogen-bond acceptors (Lipinski definition) is 6. The second-order valence-electron chi connectivity index (χ2n) is 10.3. The van der Waals surface area contributed by atoms with E-state index in [2.05, 4.69) is 5.10 Å². The lowest BCUT2D eigenvalue weighted by molar-refractivity contribution is -0.384. The van der Waals surface area contributed by atoms with Crippen LogP contribution in [0.1, 0.15) is 52.2 Å². The minimum atomic E-state index is -4.53. The van der Waals surface area contributed by atoms with Crippen LogP contribution in [0.3, 0.4) is 0 Å². The summed E-state index contributed by atoms with van der Waals surface area (Å²) in [6.07, 6.45) is -4.00. The number of ether oxygens (including phenoxy) is 1. The molecule has 9 nitrogen and oxygen atoms in total. The molecule has 12 heteroatoms. The van der Waals surface area contributed by atoms with E-state index in [9.17, 15) is 32.9 Å². The molecule has 39 heavy (non-hydrogen) atoms. The highest BCUT2D eigenvalue weighted by Gasteiger charge is 2.38. The average molecular weight is 545 g/mol. The maximum absolute atomic E-state index is 13.3. The van der Waals surface area contributed by atoms with Crippen molar-refractivity contribution < 1.29 is 32.4 Å². The van der Waals surface area contributed by atoms with Gasteiger partial charge in [0.1, 0.15) is 11.4 Å². The molecule has 0 spiro atoms. The van der Waals surface area contributed by atoms with Gasteiger partial charge < -0.3 is 9.64 Å². The first-order valence-electron chi connectivity index (χ1n) is 12.1. The summed E-state index contributed by atoms with van der Waals surface area (Å²) in [6, 6.07) is 8.26. The third-order valence-corrected chi connectivity index (χ3v) is 6.66. The highest BCUT2D eigenvalue weighted by Crippen LogP contribution is 2.41. The molecule has 0 radical (unpaired) electrons. The average Bonchev–Trinajstić information content (AvgIpc) is 3.24. The monoisotopic (exact) mass is 544 g/mol. The van der Waals surface area contributed by atoms with Gasteiger partial charge in [0.25, 0.3) is 11.6 Å². The van der Waals surface area contributed by atoms with Crippen molar-refractivity contribution in [3.63, 3.8) is 0 Å². The molecular formula is C27H27F3N4O5. The maximum Gasteiger partial charge on any atom is 0.416 e. The molecule has 0 saturated heterocycles. The molecule has 1 amide bonds. The number of Topliss-reactive ketones (excluding diaryl/α,β-unsaturated/α-hetero) is 1. The molecule has 1 aromatic heterocycles. The van der Waals surface area contributed by atoms with E-state index in [0.29, 0.717) is 18.7 Å². The van der Waals surface area contributed by atoms with E-state index < -0.39 is 33.7 Å². The number of hydrogen-bond donors (Lipinski definition) is 0. The van der Waals surface area contributed by atoms with E-state index in [1.165, 1.54) is 41.0 Å². The Balaban J connectivity index is 1.87. The van der Waals surface area contributed by atoms with E-state index in [4.69, 9.17) is 4.74 Å². The fourth-order valence-electron chi connectivity index (χ4n) is 4.70. The fraction of sp³-hybridized carbons (Fsp3) is 0.370. The van der Waals surface area contributed by atoms with Gasteiger partial charge in [-0.3, -0.25) is 19.7 Å². The lowest BCUT2D eigenvalue weighted by Crippen LogP contribution is -2.30. The summed E-state index contributed by atoms with van der Waals surface area (Å²) in [7, 11) is 3.04. The van der Waals surface area contributed by atoms with Crippen LogP contribution < -0.4 is 0 Å². The van der Waals surface area contributed by atoms with E-state index in [0.717, 1.165) is 18.2 Å². The maximum atomic E-state index is 13.3. The standard InChI is InChI=1S/C27H27F3N4O5/c1-26(2)14-21-23(22(35)15-26)24(16-5-8-18(9-6-16)27(28,29)30)31-33(21)19-10-7-17(13-20(19)34(37)38)25(36)32(3)11-12-39-4/h5-10,13H,11-12,14-15H2,1-4H3. The molecule has 0 fully saturated rings. The van der Waals surface area contributed by atoms with Gasteiger partial charge in [-0.2, -0.15) is 18.3 Å². The van der Waals surface area contributed by atoms with Crippen LogP contribution in [0.5, 0.6) is 0 Å². The first-order chi connectivity index (χ1) is 18.2. The van der Waals surface area contributed by atoms with Crippen LogP contribution in [0.25, 0.3) is 16.9 Å². The van der Waals surface area contributed by atoms with E-state index in [1.54, 1.807) is 7.05 Å². The summed E-state index contributed by atoms with van der Waals surface area (Å²) in [4.78, 5) is 39.0. The van der Waals surface area contributed by atoms with Crippen LogP contribution in [-0.2, 0) is 17.3 Å². The Morgan fingerprint density at radius 3 is 2.44 bits per heavy atom. The Bertz CT molecular complexity index is 1440. The molecule has 0 saturated carbocycles. The molecule has 1 aliphatic rings. The number of methoxy groups -OCH3 is 1. The number of likely N-dealkylation sites (N-methyl/N-ethyl adjacent to an activating group) is 1. The summed E-state index contributed by atoms with van der Waals surface area (Å²) < 4.78 is 45.6. The molecule has 0 aliphatic heterocycles. The zero-order chi connectivity index (χ0) is 28.7. The number of aromatic nitrogens is 2. The number of benzene rings is 2. The summed E-state index contributed by atoms with van der Waals surface area (Å²) in [6.45, 7) is 4.34. The Kier molecular flexibility index (Phi) is 7.35. The van der Waals surface area contributed by atoms with E-state index in [1.807, 2.05) is 13.8 Å². The first kappa shape index (κ1) is 28.0. The van der Waals surface area contributed by atoms with Crippen LogP contribution >= 0.6 is 0 Å². The molecule has 3 aromatic rings. The smallest absolute Gasteiger partial charge is 0.383 e. The van der Waals surface area contributed by atoms with Crippen molar-refractivity contribution in [1.82, 2.24) is 14.7 Å². The third-order valence-electron chi connectivity index (χ3n) is 6.66. The molecule has 0 unspecified atom stereocenters. The molecule has 1 heterocycles. The lowest BCUT2D eigenvalue weighted by atomic mass is 9.75. The zero-order valence-corrected chi connectivity index (χ0v) is 21.8. The summed E-state index contributed by atoms with van der Waals surface area (Å²) in [5, 5.41) is 16.7. The number of nitro benzene ring substituents is 1. The molecular weight excluding hydrogens is 517 g/mol. The van der Waals surface area contributed by atoms with Crippen LogP contribution in [0.4, 0.5) is 18.9 Å². The Morgan fingerprint density at radius 1 is 1.18 bits per heavy atom. The molecule has 0 N–H and O–H groups in total. The third kappa shape index (κ3) is 5.56. The number of carbonyl (C=O) groups excluding carboxylic acids is 2. The number of halogens is 3. The number of amides is 1. The lowest BCUT2D eigenvalue weighted by Gasteiger charge is -2.29. The number of nitrogens with zero attached hydrogens (tertiary/aromatic N) is 4. The molecule has 0 bridgehead atoms. The van der Waals surface area contributed by atoms with Gasteiger partial charge in [0.05, 0.1) is 28.4 Å². The van der Waals surface area contributed by atoms with Crippen LogP contribution in [0.2, 0.25) is 0 Å². The number of nitro groups is 1. The number of ketones is 1. The van der Waals surface area contributed by atoms with Crippen molar-refractivity contribution in [3.8, 4) is 16.9 Å². The summed E-state index contributed by atoms with van der Waals surface area (Å²) >= 11 is 0. The number of fused-ring (bicyclic) bond motifs is 1. The molecule has 4 rings (SSSR count). The van der Waals surface area contributed by atoms with Gasteiger partial charge in [-0.1, -0.05) is 26.0 Å². The topological polar surface area (TPSA) is 108 Å². The van der Waals surface area contributed by atoms with Gasteiger partial charge in [0, 0.05) is 44.3 Å². The van der Waals surface area contributed by atoms with Gasteiger partial charge in [-0.15, -0.1) is 0 Å². The van der Waals surface area contributed by atoms with E-state index in [-0.39, 0.29) is 46.8 Å². The molecule has 0 atom stereocenters. The van der Waals surface area contributed by atoms with Crippen LogP contribution in [0.15, 0.2) is 42.5 Å². The minimum Gasteiger partial charge on any atom is -0.383 e. The van der Waals surface area contributed by atoms with Crippen molar-refractivity contribution in [1.29, 1.82) is 0 Å². The number of carbonyl (C=O) groups is 2. The van der Waals surface area contributed by atoms with E-state index >= 15 is 0 Å². The minimum absolute atomic E-state index is 0.0380. The summed E-state index contributed by atoms with van der Waals surface area (Å²) in [5.74, 6) is -0.692. The molecule has 1 aliphatic carbocycles. The SMILES string of the molecule is COCCN(C)C(=O)c1ccc(-n2nc(-c3ccc(C(F)(F)F)cc3)c3c2CC(C)(C)CC3=O)c([N+](=O)[O-])c1. The van der Waals surface area contributed by atoms with Crippen molar-refractivity contribution in [2.45, 2.75) is 32.9 Å². The number of alkyl halides is 3. The molecule has 206 valence electrons. The Hall–Kier alpha value is -4.06. The zero-order valence-electron chi connectivity index (χ0n) is 21.8. The predicted octanol–water partition coefficient (Wildman–Crippen LogP) is 5.34. The van der Waals surface area contributed by atoms with Crippen molar-refractivity contribution in [2.24, 2.45) is 5.41 Å². The van der Waals surface area contributed by atoms with Crippen molar-refractivity contribution in [2.75, 3.05) is 27.3 Å². The van der Waals surface area contributed by atoms with Gasteiger partial charge in [-0.05, 0) is 36.1 Å². The van der Waals surface area contributed by atoms with Gasteiger partial charge >= 0.3 is 6.18 Å². The Labute approximate surface area is 222 Å². The Morgan fingerprint density at radius 2 is 1.85 bits per heavy atom.